The molecular weight excluding hydrogens is 184 g/mol. The normalized spacial score (nSPS) is 24.5. The van der Waals surface area contributed by atoms with Crippen molar-refractivity contribution in [1.82, 2.24) is 0 Å². The average molecular weight is 198 g/mol. The van der Waals surface area contributed by atoms with Crippen molar-refractivity contribution in [2.45, 2.75) is 37.5 Å². The van der Waals surface area contributed by atoms with Gasteiger partial charge in [-0.15, -0.1) is 18.2 Å². The van der Waals surface area contributed by atoms with Crippen molar-refractivity contribution < 1.29 is 9.53 Å². The fourth-order valence-corrected chi connectivity index (χ4v) is 2.39. The van der Waals surface area contributed by atoms with Crippen molar-refractivity contribution in [2.75, 3.05) is 5.75 Å². The van der Waals surface area contributed by atoms with E-state index in [-0.39, 0.29) is 11.2 Å². The third-order valence-corrected chi connectivity index (χ3v) is 3.33. The molecule has 2 nitrogen and oxygen atoms in total. The topological polar surface area (TPSA) is 26.3 Å². The van der Waals surface area contributed by atoms with E-state index in [0.717, 1.165) is 18.6 Å². The number of ether oxygens (including phenoxy) is 1. The first-order valence-corrected chi connectivity index (χ1v) is 5.57. The molecule has 0 N–H and O–H groups in total. The van der Waals surface area contributed by atoms with E-state index >= 15 is 0 Å². The highest BCUT2D eigenvalue weighted by Crippen LogP contribution is 2.26. The molecule has 3 heteroatoms. The SMILES string of the molecule is C#CC(C)OC(=O)C1CCCCS1. The van der Waals surface area contributed by atoms with E-state index in [1.165, 1.54) is 6.42 Å². The Morgan fingerprint density at radius 3 is 3.00 bits per heavy atom. The summed E-state index contributed by atoms with van der Waals surface area (Å²) in [6.45, 7) is 1.71. The summed E-state index contributed by atoms with van der Waals surface area (Å²) < 4.78 is 5.04. The Hall–Kier alpha value is -0.620. The number of carbonyl (C=O) groups excluding carboxylic acids is 1. The molecule has 0 aromatic carbocycles. The van der Waals surface area contributed by atoms with Gasteiger partial charge in [-0.25, -0.2) is 0 Å². The van der Waals surface area contributed by atoms with Gasteiger partial charge in [-0.05, 0) is 25.5 Å². The monoisotopic (exact) mass is 198 g/mol. The summed E-state index contributed by atoms with van der Waals surface area (Å²) in [6.07, 6.45) is 7.98. The van der Waals surface area contributed by atoms with Crippen LogP contribution in [0, 0.1) is 12.3 Å². The Labute approximate surface area is 83.4 Å². The molecule has 0 aromatic rings. The summed E-state index contributed by atoms with van der Waals surface area (Å²) >= 11 is 1.68. The van der Waals surface area contributed by atoms with E-state index in [0.29, 0.717) is 0 Å². The predicted molar refractivity (Wildman–Crippen MR) is 54.5 cm³/mol. The van der Waals surface area contributed by atoms with Gasteiger partial charge in [0.05, 0.1) is 0 Å². The fourth-order valence-electron chi connectivity index (χ4n) is 1.21. The van der Waals surface area contributed by atoms with Crippen LogP contribution in [0.1, 0.15) is 26.2 Å². The summed E-state index contributed by atoms with van der Waals surface area (Å²) in [6, 6.07) is 0. The summed E-state index contributed by atoms with van der Waals surface area (Å²) in [4.78, 5) is 11.4. The molecule has 1 fully saturated rings. The Morgan fingerprint density at radius 2 is 2.46 bits per heavy atom. The standard InChI is InChI=1S/C10H14O2S/c1-3-8(2)12-10(11)9-6-4-5-7-13-9/h1,8-9H,4-7H2,2H3. The largest absolute Gasteiger partial charge is 0.449 e. The van der Waals surface area contributed by atoms with Crippen LogP contribution in [0.25, 0.3) is 0 Å². The quantitative estimate of drug-likeness (QED) is 0.500. The number of hydrogen-bond acceptors (Lipinski definition) is 3. The van der Waals surface area contributed by atoms with E-state index in [2.05, 4.69) is 5.92 Å². The highest BCUT2D eigenvalue weighted by atomic mass is 32.2. The smallest absolute Gasteiger partial charge is 0.320 e. The van der Waals surface area contributed by atoms with Gasteiger partial charge in [-0.1, -0.05) is 12.3 Å². The zero-order valence-electron chi connectivity index (χ0n) is 7.79. The zero-order valence-corrected chi connectivity index (χ0v) is 8.60. The number of hydrogen-bond donors (Lipinski definition) is 0. The van der Waals surface area contributed by atoms with Gasteiger partial charge in [-0.3, -0.25) is 4.79 Å². The number of terminal acetylenes is 1. The van der Waals surface area contributed by atoms with Gasteiger partial charge >= 0.3 is 5.97 Å². The second kappa shape index (κ2) is 5.18. The molecule has 1 saturated heterocycles. The lowest BCUT2D eigenvalue weighted by molar-refractivity contribution is -0.145. The minimum atomic E-state index is -0.393. The van der Waals surface area contributed by atoms with Crippen LogP contribution in [0.3, 0.4) is 0 Å². The highest BCUT2D eigenvalue weighted by Gasteiger charge is 2.23. The maximum atomic E-state index is 11.4. The van der Waals surface area contributed by atoms with E-state index in [1.807, 2.05) is 0 Å². The van der Waals surface area contributed by atoms with Crippen LogP contribution in [0.15, 0.2) is 0 Å². The summed E-state index contributed by atoms with van der Waals surface area (Å²) in [5, 5.41) is 0.0181. The average Bonchev–Trinajstić information content (AvgIpc) is 2.19. The van der Waals surface area contributed by atoms with Gasteiger partial charge in [0.25, 0.3) is 0 Å². The minimum absolute atomic E-state index is 0.0181. The lowest BCUT2D eigenvalue weighted by Gasteiger charge is -2.20. The third kappa shape index (κ3) is 3.31. The van der Waals surface area contributed by atoms with Crippen LogP contribution in [0.4, 0.5) is 0 Å². The predicted octanol–water partition coefficient (Wildman–Crippen LogP) is 1.84. The summed E-state index contributed by atoms with van der Waals surface area (Å²) in [7, 11) is 0. The van der Waals surface area contributed by atoms with Crippen molar-refractivity contribution >= 4 is 17.7 Å². The zero-order chi connectivity index (χ0) is 9.68. The molecule has 1 aliphatic heterocycles. The van der Waals surface area contributed by atoms with Crippen LogP contribution >= 0.6 is 11.8 Å². The van der Waals surface area contributed by atoms with Crippen LogP contribution in [-0.4, -0.2) is 23.1 Å². The first kappa shape index (κ1) is 10.5. The molecule has 1 heterocycles. The van der Waals surface area contributed by atoms with Crippen molar-refractivity contribution in [2.24, 2.45) is 0 Å². The number of thioether (sulfide) groups is 1. The Balaban J connectivity index is 2.34. The summed E-state index contributed by atoms with van der Waals surface area (Å²) in [5.74, 6) is 3.30. The third-order valence-electron chi connectivity index (χ3n) is 1.97. The molecule has 0 radical (unpaired) electrons. The van der Waals surface area contributed by atoms with Gasteiger partial charge < -0.3 is 4.74 Å². The van der Waals surface area contributed by atoms with Gasteiger partial charge in [0.15, 0.2) is 6.10 Å². The molecular formula is C10H14O2S. The minimum Gasteiger partial charge on any atom is -0.449 e. The van der Waals surface area contributed by atoms with Crippen molar-refractivity contribution in [3.63, 3.8) is 0 Å². The molecule has 2 unspecified atom stereocenters. The van der Waals surface area contributed by atoms with Crippen LogP contribution in [-0.2, 0) is 9.53 Å². The maximum absolute atomic E-state index is 11.4. The van der Waals surface area contributed by atoms with Crippen LogP contribution in [0.2, 0.25) is 0 Å². The van der Waals surface area contributed by atoms with Crippen molar-refractivity contribution in [3.05, 3.63) is 0 Å². The Morgan fingerprint density at radius 1 is 1.69 bits per heavy atom. The maximum Gasteiger partial charge on any atom is 0.320 e. The number of rotatable bonds is 2. The first-order valence-electron chi connectivity index (χ1n) is 4.52. The fraction of sp³-hybridized carbons (Fsp3) is 0.700. The Kier molecular flexibility index (Phi) is 4.17. The van der Waals surface area contributed by atoms with E-state index in [9.17, 15) is 4.79 Å². The van der Waals surface area contributed by atoms with E-state index in [4.69, 9.17) is 11.2 Å². The molecule has 0 bridgehead atoms. The Bertz CT molecular complexity index is 213. The van der Waals surface area contributed by atoms with Crippen LogP contribution in [0.5, 0.6) is 0 Å². The highest BCUT2D eigenvalue weighted by molar-refractivity contribution is 8.00. The second-order valence-electron chi connectivity index (χ2n) is 3.10. The number of esters is 1. The molecule has 1 rings (SSSR count). The molecule has 72 valence electrons. The van der Waals surface area contributed by atoms with Gasteiger partial charge in [-0.2, -0.15) is 0 Å². The molecule has 0 amide bonds. The van der Waals surface area contributed by atoms with Crippen molar-refractivity contribution in [1.29, 1.82) is 0 Å². The van der Waals surface area contributed by atoms with Gasteiger partial charge in [0.2, 0.25) is 0 Å². The van der Waals surface area contributed by atoms with Crippen LogP contribution < -0.4 is 0 Å². The van der Waals surface area contributed by atoms with E-state index < -0.39 is 6.10 Å². The van der Waals surface area contributed by atoms with E-state index in [1.54, 1.807) is 18.7 Å². The molecule has 0 aromatic heterocycles. The van der Waals surface area contributed by atoms with Crippen molar-refractivity contribution in [3.8, 4) is 12.3 Å². The van der Waals surface area contributed by atoms with Gasteiger partial charge in [0.1, 0.15) is 5.25 Å². The molecule has 0 aliphatic carbocycles. The number of carbonyl (C=O) groups is 1. The second-order valence-corrected chi connectivity index (χ2v) is 4.41. The molecule has 1 aliphatic rings. The molecule has 0 saturated carbocycles. The van der Waals surface area contributed by atoms with Gasteiger partial charge in [0, 0.05) is 0 Å². The molecule has 2 atom stereocenters. The lowest BCUT2D eigenvalue weighted by atomic mass is 10.2. The summed E-state index contributed by atoms with van der Waals surface area (Å²) in [5.41, 5.74) is 0. The molecule has 13 heavy (non-hydrogen) atoms. The molecule has 0 spiro atoms. The lowest BCUT2D eigenvalue weighted by Crippen LogP contribution is -2.26. The first-order chi connectivity index (χ1) is 6.24.